The molecule has 2 aromatic rings. The summed E-state index contributed by atoms with van der Waals surface area (Å²) in [5.74, 6) is 0. The van der Waals surface area contributed by atoms with Gasteiger partial charge >= 0.3 is 0 Å². The number of anilines is 1. The predicted molar refractivity (Wildman–Crippen MR) is 86.1 cm³/mol. The Labute approximate surface area is 120 Å². The Bertz CT molecular complexity index is 651. The lowest BCUT2D eigenvalue weighted by Crippen LogP contribution is -2.38. The predicted octanol–water partition coefficient (Wildman–Crippen LogP) is 4.71. The summed E-state index contributed by atoms with van der Waals surface area (Å²) in [7, 11) is 0. The fraction of sp³-hybridized carbons (Fsp3) is 0.278. The number of hydrogen-bond donors (Lipinski definition) is 1. The normalized spacial score (nSPS) is 18.4. The molecule has 0 saturated carbocycles. The minimum atomic E-state index is 0.0396. The van der Waals surface area contributed by atoms with E-state index in [-0.39, 0.29) is 5.54 Å². The van der Waals surface area contributed by atoms with Crippen molar-refractivity contribution in [3.05, 3.63) is 59.7 Å². The molecule has 1 aliphatic heterocycles. The fourth-order valence-electron chi connectivity index (χ4n) is 2.64. The average molecular weight is 264 g/mol. The van der Waals surface area contributed by atoms with E-state index in [1.165, 1.54) is 16.8 Å². The number of hydrogen-bond acceptors (Lipinski definition) is 2. The fourth-order valence-corrected chi connectivity index (χ4v) is 2.64. The van der Waals surface area contributed by atoms with E-state index in [0.29, 0.717) is 0 Å². The van der Waals surface area contributed by atoms with Crippen LogP contribution in [0.4, 0.5) is 11.4 Å². The summed E-state index contributed by atoms with van der Waals surface area (Å²) >= 11 is 0. The van der Waals surface area contributed by atoms with E-state index in [4.69, 9.17) is 4.99 Å². The molecule has 20 heavy (non-hydrogen) atoms. The standard InChI is InChI=1S/C18H20N2/c1-13-8-10-14(11-9-13)19-17-12-18(2,3)20-16-7-5-4-6-15(16)17/h4-11,20H,12H2,1-3H3. The number of para-hydroxylation sites is 1. The Morgan fingerprint density at radius 3 is 2.45 bits per heavy atom. The quantitative estimate of drug-likeness (QED) is 0.792. The molecule has 0 bridgehead atoms. The van der Waals surface area contributed by atoms with Crippen LogP contribution in [0.2, 0.25) is 0 Å². The Kier molecular flexibility index (Phi) is 3.09. The average Bonchev–Trinajstić information content (AvgIpc) is 2.40. The molecule has 0 fully saturated rings. The monoisotopic (exact) mass is 264 g/mol. The highest BCUT2D eigenvalue weighted by Gasteiger charge is 2.28. The molecule has 0 unspecified atom stereocenters. The van der Waals surface area contributed by atoms with Crippen LogP contribution in [0.15, 0.2) is 53.5 Å². The van der Waals surface area contributed by atoms with Gasteiger partial charge in [0.05, 0.1) is 11.4 Å². The van der Waals surface area contributed by atoms with Gasteiger partial charge in [0.1, 0.15) is 0 Å². The molecule has 1 N–H and O–H groups in total. The number of rotatable bonds is 1. The van der Waals surface area contributed by atoms with Crippen molar-refractivity contribution >= 4 is 17.1 Å². The molecule has 0 atom stereocenters. The van der Waals surface area contributed by atoms with E-state index in [1.54, 1.807) is 0 Å². The zero-order valence-electron chi connectivity index (χ0n) is 12.3. The topological polar surface area (TPSA) is 24.4 Å². The number of nitrogens with one attached hydrogen (secondary N) is 1. The third-order valence-corrected chi connectivity index (χ3v) is 3.62. The van der Waals surface area contributed by atoms with E-state index < -0.39 is 0 Å². The van der Waals surface area contributed by atoms with Crippen LogP contribution in [0, 0.1) is 6.92 Å². The first-order chi connectivity index (χ1) is 9.53. The molecule has 102 valence electrons. The molecular weight excluding hydrogens is 244 g/mol. The first-order valence-electron chi connectivity index (χ1n) is 7.05. The van der Waals surface area contributed by atoms with Crippen LogP contribution in [-0.4, -0.2) is 11.3 Å². The Balaban J connectivity index is 2.06. The summed E-state index contributed by atoms with van der Waals surface area (Å²) in [4.78, 5) is 4.87. The minimum absolute atomic E-state index is 0.0396. The van der Waals surface area contributed by atoms with Crippen molar-refractivity contribution in [2.45, 2.75) is 32.7 Å². The zero-order chi connectivity index (χ0) is 14.2. The van der Waals surface area contributed by atoms with Crippen LogP contribution in [-0.2, 0) is 0 Å². The summed E-state index contributed by atoms with van der Waals surface area (Å²) in [6.45, 7) is 6.53. The summed E-state index contributed by atoms with van der Waals surface area (Å²) in [6.07, 6.45) is 0.928. The van der Waals surface area contributed by atoms with E-state index in [2.05, 4.69) is 74.6 Å². The smallest absolute Gasteiger partial charge is 0.0633 e. The van der Waals surface area contributed by atoms with Gasteiger partial charge in [-0.2, -0.15) is 0 Å². The third kappa shape index (κ3) is 2.60. The van der Waals surface area contributed by atoms with Crippen LogP contribution < -0.4 is 5.32 Å². The van der Waals surface area contributed by atoms with Crippen molar-refractivity contribution in [2.75, 3.05) is 5.32 Å². The van der Waals surface area contributed by atoms with Gasteiger partial charge in [0.15, 0.2) is 0 Å². The maximum absolute atomic E-state index is 4.87. The summed E-state index contributed by atoms with van der Waals surface area (Å²) in [6, 6.07) is 16.8. The van der Waals surface area contributed by atoms with Gasteiger partial charge in [0.25, 0.3) is 0 Å². The lowest BCUT2D eigenvalue weighted by atomic mass is 9.87. The molecule has 0 saturated heterocycles. The maximum Gasteiger partial charge on any atom is 0.0633 e. The lowest BCUT2D eigenvalue weighted by molar-refractivity contribution is 0.585. The highest BCUT2D eigenvalue weighted by atomic mass is 15.0. The number of aliphatic imine (C=N–C) groups is 1. The lowest BCUT2D eigenvalue weighted by Gasteiger charge is -2.34. The van der Waals surface area contributed by atoms with Gasteiger partial charge < -0.3 is 5.32 Å². The molecule has 2 nitrogen and oxygen atoms in total. The van der Waals surface area contributed by atoms with Crippen LogP contribution in [0.25, 0.3) is 0 Å². The molecule has 0 spiro atoms. The molecule has 0 amide bonds. The van der Waals surface area contributed by atoms with Crippen LogP contribution in [0.3, 0.4) is 0 Å². The number of nitrogens with zero attached hydrogens (tertiary/aromatic N) is 1. The highest BCUT2D eigenvalue weighted by molar-refractivity contribution is 6.08. The molecule has 1 aliphatic rings. The zero-order valence-corrected chi connectivity index (χ0v) is 12.3. The van der Waals surface area contributed by atoms with Crippen molar-refractivity contribution in [1.29, 1.82) is 0 Å². The first kappa shape index (κ1) is 12.9. The molecular formula is C18H20N2. The maximum atomic E-state index is 4.87. The van der Waals surface area contributed by atoms with Gasteiger partial charge in [-0.25, -0.2) is 0 Å². The third-order valence-electron chi connectivity index (χ3n) is 3.62. The number of aryl methyl sites for hydroxylation is 1. The molecule has 0 aromatic heterocycles. The van der Waals surface area contributed by atoms with Gasteiger partial charge in [0.2, 0.25) is 0 Å². The van der Waals surface area contributed by atoms with Crippen molar-refractivity contribution in [1.82, 2.24) is 0 Å². The van der Waals surface area contributed by atoms with Crippen LogP contribution in [0.5, 0.6) is 0 Å². The second kappa shape index (κ2) is 4.78. The molecule has 1 heterocycles. The van der Waals surface area contributed by atoms with Gasteiger partial charge in [-0.1, -0.05) is 35.9 Å². The Hall–Kier alpha value is -2.09. The summed E-state index contributed by atoms with van der Waals surface area (Å²) in [5.41, 5.74) is 5.88. The highest BCUT2D eigenvalue weighted by Crippen LogP contribution is 2.32. The number of fused-ring (bicyclic) bond motifs is 1. The van der Waals surface area contributed by atoms with E-state index in [1.807, 2.05) is 0 Å². The summed E-state index contributed by atoms with van der Waals surface area (Å²) < 4.78 is 0. The largest absolute Gasteiger partial charge is 0.379 e. The van der Waals surface area contributed by atoms with E-state index in [0.717, 1.165) is 17.8 Å². The van der Waals surface area contributed by atoms with Gasteiger partial charge in [-0.05, 0) is 39.0 Å². The molecule has 2 heteroatoms. The van der Waals surface area contributed by atoms with Crippen molar-refractivity contribution < 1.29 is 0 Å². The van der Waals surface area contributed by atoms with E-state index >= 15 is 0 Å². The second-order valence-corrected chi connectivity index (χ2v) is 6.13. The molecule has 0 aliphatic carbocycles. The molecule has 2 aromatic carbocycles. The van der Waals surface area contributed by atoms with Gasteiger partial charge in [0, 0.05) is 23.2 Å². The summed E-state index contributed by atoms with van der Waals surface area (Å²) in [5, 5.41) is 3.58. The minimum Gasteiger partial charge on any atom is -0.379 e. The van der Waals surface area contributed by atoms with Crippen LogP contribution in [0.1, 0.15) is 31.4 Å². The van der Waals surface area contributed by atoms with Gasteiger partial charge in [-0.15, -0.1) is 0 Å². The van der Waals surface area contributed by atoms with Crippen molar-refractivity contribution in [3.63, 3.8) is 0 Å². The van der Waals surface area contributed by atoms with Gasteiger partial charge in [-0.3, -0.25) is 4.99 Å². The van der Waals surface area contributed by atoms with Crippen LogP contribution >= 0.6 is 0 Å². The Morgan fingerprint density at radius 2 is 1.70 bits per heavy atom. The second-order valence-electron chi connectivity index (χ2n) is 6.13. The molecule has 0 radical (unpaired) electrons. The molecule has 3 rings (SSSR count). The van der Waals surface area contributed by atoms with E-state index in [9.17, 15) is 0 Å². The first-order valence-corrected chi connectivity index (χ1v) is 7.05. The van der Waals surface area contributed by atoms with Crippen molar-refractivity contribution in [2.24, 2.45) is 4.99 Å². The van der Waals surface area contributed by atoms with Crippen molar-refractivity contribution in [3.8, 4) is 0 Å². The SMILES string of the molecule is Cc1ccc(N=C2CC(C)(C)Nc3ccccc32)cc1. The number of benzene rings is 2. The Morgan fingerprint density at radius 1 is 1.00 bits per heavy atom.